The number of carbonyl (C=O) groups excluding carboxylic acids is 1. The number of nitrogens with zero attached hydrogens (tertiary/aromatic N) is 5. The molecule has 0 fully saturated rings. The molecule has 4 aromatic rings. The van der Waals surface area contributed by atoms with Crippen molar-refractivity contribution in [3.8, 4) is 34.1 Å². The maximum atomic E-state index is 12.5. The van der Waals surface area contributed by atoms with Crippen LogP contribution in [0.15, 0.2) is 59.9 Å². The molecule has 0 atom stereocenters. The van der Waals surface area contributed by atoms with Crippen molar-refractivity contribution in [2.75, 3.05) is 17.9 Å². The third-order valence-electron chi connectivity index (χ3n) is 5.14. The van der Waals surface area contributed by atoms with Gasteiger partial charge in [0.15, 0.2) is 22.5 Å². The molecule has 168 valence electrons. The summed E-state index contributed by atoms with van der Waals surface area (Å²) in [6.07, 6.45) is 1.94. The molecule has 0 saturated heterocycles. The van der Waals surface area contributed by atoms with Crippen molar-refractivity contribution in [3.05, 3.63) is 54.7 Å². The third-order valence-corrected chi connectivity index (χ3v) is 6.11. The van der Waals surface area contributed by atoms with Gasteiger partial charge in [-0.1, -0.05) is 42.1 Å². The minimum Gasteiger partial charge on any atom is -0.454 e. The normalized spacial score (nSPS) is 12.2. The Morgan fingerprint density at radius 1 is 1.12 bits per heavy atom. The van der Waals surface area contributed by atoms with E-state index < -0.39 is 0 Å². The summed E-state index contributed by atoms with van der Waals surface area (Å²) in [6.45, 7) is 2.89. The monoisotopic (exact) mass is 462 g/mol. The van der Waals surface area contributed by atoms with E-state index in [4.69, 9.17) is 9.47 Å². The molecule has 0 bridgehead atoms. The number of thioether (sulfide) groups is 1. The molecule has 2 aromatic carbocycles. The van der Waals surface area contributed by atoms with Crippen LogP contribution < -0.4 is 14.8 Å². The predicted octanol–water partition coefficient (Wildman–Crippen LogP) is 3.83. The summed E-state index contributed by atoms with van der Waals surface area (Å²) in [5.41, 5.74) is 3.41. The first kappa shape index (κ1) is 21.1. The van der Waals surface area contributed by atoms with Crippen molar-refractivity contribution in [2.45, 2.75) is 18.6 Å². The standard InChI is InChI=1S/C23H22N6O3S/c1-3-29-22(17-12-28(2)27-21(17)15-7-5-4-6-8-15)25-26-23(29)33-13-20(30)24-16-9-10-18-19(11-16)32-14-31-18/h4-12H,3,13-14H2,1-2H3,(H,24,30). The van der Waals surface area contributed by atoms with Crippen LogP contribution in [0.3, 0.4) is 0 Å². The van der Waals surface area contributed by atoms with Crippen molar-refractivity contribution in [1.29, 1.82) is 0 Å². The van der Waals surface area contributed by atoms with Crippen molar-refractivity contribution in [1.82, 2.24) is 24.5 Å². The number of hydrogen-bond donors (Lipinski definition) is 1. The van der Waals surface area contributed by atoms with Gasteiger partial charge in [0.05, 0.1) is 11.3 Å². The van der Waals surface area contributed by atoms with E-state index >= 15 is 0 Å². The molecule has 0 unspecified atom stereocenters. The zero-order chi connectivity index (χ0) is 22.8. The van der Waals surface area contributed by atoms with Crippen LogP contribution in [0, 0.1) is 0 Å². The first-order valence-corrected chi connectivity index (χ1v) is 11.5. The lowest BCUT2D eigenvalue weighted by molar-refractivity contribution is -0.113. The Morgan fingerprint density at radius 2 is 1.94 bits per heavy atom. The largest absolute Gasteiger partial charge is 0.454 e. The van der Waals surface area contributed by atoms with Crippen LogP contribution in [0.2, 0.25) is 0 Å². The molecule has 5 rings (SSSR count). The smallest absolute Gasteiger partial charge is 0.234 e. The van der Waals surface area contributed by atoms with Crippen LogP contribution in [-0.2, 0) is 18.4 Å². The van der Waals surface area contributed by atoms with Crippen LogP contribution in [-0.4, -0.2) is 43.0 Å². The molecular weight excluding hydrogens is 440 g/mol. The summed E-state index contributed by atoms with van der Waals surface area (Å²) < 4.78 is 14.4. The van der Waals surface area contributed by atoms with Gasteiger partial charge in [-0.3, -0.25) is 9.48 Å². The number of carbonyl (C=O) groups is 1. The molecular formula is C23H22N6O3S. The molecule has 1 aliphatic heterocycles. The van der Waals surface area contributed by atoms with E-state index in [0.717, 1.165) is 22.6 Å². The van der Waals surface area contributed by atoms with Gasteiger partial charge in [-0.15, -0.1) is 10.2 Å². The van der Waals surface area contributed by atoms with Crippen LogP contribution in [0.1, 0.15) is 6.92 Å². The minimum absolute atomic E-state index is 0.141. The van der Waals surface area contributed by atoms with Crippen LogP contribution in [0.25, 0.3) is 22.6 Å². The maximum Gasteiger partial charge on any atom is 0.234 e. The molecule has 2 aromatic heterocycles. The first-order chi connectivity index (χ1) is 16.1. The van der Waals surface area contributed by atoms with Crippen molar-refractivity contribution in [3.63, 3.8) is 0 Å². The van der Waals surface area contributed by atoms with Crippen LogP contribution >= 0.6 is 11.8 Å². The molecule has 10 heteroatoms. The highest BCUT2D eigenvalue weighted by atomic mass is 32.2. The number of aromatic nitrogens is 5. The number of hydrogen-bond acceptors (Lipinski definition) is 7. The van der Waals surface area contributed by atoms with Gasteiger partial charge in [0, 0.05) is 37.1 Å². The van der Waals surface area contributed by atoms with Crippen molar-refractivity contribution < 1.29 is 14.3 Å². The number of benzene rings is 2. The number of ether oxygens (including phenoxy) is 2. The van der Waals surface area contributed by atoms with Crippen LogP contribution in [0.4, 0.5) is 5.69 Å². The SMILES string of the molecule is CCn1c(SCC(=O)Nc2ccc3c(c2)OCO3)nnc1-c1cn(C)nc1-c1ccccc1. The highest BCUT2D eigenvalue weighted by molar-refractivity contribution is 7.99. The first-order valence-electron chi connectivity index (χ1n) is 10.5. The van der Waals surface area contributed by atoms with Gasteiger partial charge < -0.3 is 19.4 Å². The van der Waals surface area contributed by atoms with Gasteiger partial charge in [-0.25, -0.2) is 0 Å². The molecule has 0 saturated carbocycles. The fourth-order valence-electron chi connectivity index (χ4n) is 3.64. The average molecular weight is 463 g/mol. The van der Waals surface area contributed by atoms with Crippen molar-refractivity contribution >= 4 is 23.4 Å². The lowest BCUT2D eigenvalue weighted by Gasteiger charge is -2.08. The van der Waals surface area contributed by atoms with Crippen molar-refractivity contribution in [2.24, 2.45) is 7.05 Å². The highest BCUT2D eigenvalue weighted by Crippen LogP contribution is 2.35. The van der Waals surface area contributed by atoms with E-state index in [9.17, 15) is 4.79 Å². The predicted molar refractivity (Wildman–Crippen MR) is 125 cm³/mol. The number of amides is 1. The molecule has 0 spiro atoms. The molecule has 0 radical (unpaired) electrons. The van der Waals surface area contributed by atoms with Gasteiger partial charge in [0.25, 0.3) is 0 Å². The Kier molecular flexibility index (Phi) is 5.74. The Hall–Kier alpha value is -3.79. The zero-order valence-corrected chi connectivity index (χ0v) is 19.0. The fourth-order valence-corrected chi connectivity index (χ4v) is 4.44. The second-order valence-electron chi connectivity index (χ2n) is 7.39. The van der Waals surface area contributed by atoms with Gasteiger partial charge >= 0.3 is 0 Å². The Labute approximate surface area is 194 Å². The van der Waals surface area contributed by atoms with E-state index in [-0.39, 0.29) is 18.5 Å². The van der Waals surface area contributed by atoms with E-state index in [1.165, 1.54) is 11.8 Å². The topological polar surface area (TPSA) is 96.1 Å². The lowest BCUT2D eigenvalue weighted by Crippen LogP contribution is -2.14. The summed E-state index contributed by atoms with van der Waals surface area (Å²) >= 11 is 1.34. The number of aryl methyl sites for hydroxylation is 1. The lowest BCUT2D eigenvalue weighted by atomic mass is 10.1. The number of rotatable bonds is 7. The molecule has 9 nitrogen and oxygen atoms in total. The number of fused-ring (bicyclic) bond motifs is 1. The Bertz CT molecular complexity index is 1300. The second-order valence-corrected chi connectivity index (χ2v) is 8.33. The fraction of sp³-hybridized carbons (Fsp3) is 0.217. The molecule has 1 N–H and O–H groups in total. The summed E-state index contributed by atoms with van der Waals surface area (Å²) in [4.78, 5) is 12.5. The number of anilines is 1. The van der Waals surface area contributed by atoms with Crippen LogP contribution in [0.5, 0.6) is 11.5 Å². The Morgan fingerprint density at radius 3 is 2.76 bits per heavy atom. The molecule has 1 aliphatic rings. The zero-order valence-electron chi connectivity index (χ0n) is 18.2. The molecule has 0 aliphatic carbocycles. The van der Waals surface area contributed by atoms with Gasteiger partial charge in [-0.05, 0) is 19.1 Å². The Balaban J connectivity index is 1.32. The van der Waals surface area contributed by atoms with E-state index in [1.807, 2.05) is 55.1 Å². The third kappa shape index (κ3) is 4.29. The van der Waals surface area contributed by atoms with E-state index in [0.29, 0.717) is 28.9 Å². The minimum atomic E-state index is -0.141. The van der Waals surface area contributed by atoms with Gasteiger partial charge in [-0.2, -0.15) is 5.10 Å². The molecule has 1 amide bonds. The second kappa shape index (κ2) is 8.99. The summed E-state index contributed by atoms with van der Waals surface area (Å²) in [5.74, 6) is 2.09. The summed E-state index contributed by atoms with van der Waals surface area (Å²) in [6, 6.07) is 15.3. The van der Waals surface area contributed by atoms with E-state index in [2.05, 4.69) is 20.6 Å². The van der Waals surface area contributed by atoms with E-state index in [1.54, 1.807) is 22.9 Å². The summed E-state index contributed by atoms with van der Waals surface area (Å²) in [5, 5.41) is 17.0. The van der Waals surface area contributed by atoms with Gasteiger partial charge in [0.2, 0.25) is 12.7 Å². The highest BCUT2D eigenvalue weighted by Gasteiger charge is 2.21. The summed E-state index contributed by atoms with van der Waals surface area (Å²) in [7, 11) is 1.89. The number of nitrogens with one attached hydrogen (secondary N) is 1. The maximum absolute atomic E-state index is 12.5. The molecule has 3 heterocycles. The quantitative estimate of drug-likeness (QED) is 0.417. The van der Waals surface area contributed by atoms with Gasteiger partial charge in [0.1, 0.15) is 5.69 Å². The average Bonchev–Trinajstić information content (AvgIpc) is 3.55. The molecule has 33 heavy (non-hydrogen) atoms.